The maximum Gasteiger partial charge on any atom is 0.262 e. The van der Waals surface area contributed by atoms with E-state index >= 15 is 0 Å². The van der Waals surface area contributed by atoms with E-state index in [2.05, 4.69) is 26.0 Å². The number of hydrogen-bond acceptors (Lipinski definition) is 4. The first-order valence-corrected chi connectivity index (χ1v) is 9.71. The molecule has 4 nitrogen and oxygen atoms in total. The van der Waals surface area contributed by atoms with Gasteiger partial charge in [0.05, 0.1) is 15.6 Å². The van der Waals surface area contributed by atoms with E-state index in [-0.39, 0.29) is 4.90 Å². The third-order valence-corrected chi connectivity index (χ3v) is 5.90. The van der Waals surface area contributed by atoms with Crippen molar-refractivity contribution >= 4 is 54.6 Å². The molecular formula is C13H14BrClN2O2S2. The average Bonchev–Trinajstić information content (AvgIpc) is 2.89. The predicted molar refractivity (Wildman–Crippen MR) is 91.7 cm³/mol. The van der Waals surface area contributed by atoms with E-state index in [1.165, 1.54) is 11.3 Å². The fourth-order valence-corrected chi connectivity index (χ4v) is 4.72. The molecule has 114 valence electrons. The van der Waals surface area contributed by atoms with E-state index < -0.39 is 10.0 Å². The standard InChI is InChI=1S/C13H14BrClN2O2S2/c1-2-16-7-10-6-11(8-20-10)21(18,19)17-13-4-3-9(14)5-12(13)15/h3-6,8,16-17H,2,7H2,1H3. The van der Waals surface area contributed by atoms with Crippen molar-refractivity contribution in [1.82, 2.24) is 5.32 Å². The highest BCUT2D eigenvalue weighted by molar-refractivity contribution is 9.10. The highest BCUT2D eigenvalue weighted by Gasteiger charge is 2.17. The lowest BCUT2D eigenvalue weighted by Gasteiger charge is -2.08. The van der Waals surface area contributed by atoms with Crippen LogP contribution in [0, 0.1) is 0 Å². The molecule has 1 aromatic carbocycles. The molecule has 0 bridgehead atoms. The Labute approximate surface area is 141 Å². The summed E-state index contributed by atoms with van der Waals surface area (Å²) < 4.78 is 28.0. The van der Waals surface area contributed by atoms with E-state index in [1.54, 1.807) is 29.6 Å². The number of rotatable bonds is 6. The molecule has 2 N–H and O–H groups in total. The first kappa shape index (κ1) is 16.8. The lowest BCUT2D eigenvalue weighted by Crippen LogP contribution is -2.13. The molecule has 0 aliphatic heterocycles. The van der Waals surface area contributed by atoms with E-state index in [4.69, 9.17) is 11.6 Å². The van der Waals surface area contributed by atoms with Gasteiger partial charge in [-0.2, -0.15) is 0 Å². The van der Waals surface area contributed by atoms with Crippen LogP contribution in [-0.2, 0) is 16.6 Å². The Morgan fingerprint density at radius 2 is 2.10 bits per heavy atom. The summed E-state index contributed by atoms with van der Waals surface area (Å²) in [5.41, 5.74) is 0.360. The van der Waals surface area contributed by atoms with E-state index in [1.807, 2.05) is 6.92 Å². The van der Waals surface area contributed by atoms with Crippen LogP contribution in [0.4, 0.5) is 5.69 Å². The van der Waals surface area contributed by atoms with E-state index in [0.29, 0.717) is 17.3 Å². The van der Waals surface area contributed by atoms with Gasteiger partial charge in [0.1, 0.15) is 0 Å². The van der Waals surface area contributed by atoms with Crippen LogP contribution in [-0.4, -0.2) is 15.0 Å². The SMILES string of the molecule is CCNCc1cc(S(=O)(=O)Nc2ccc(Br)cc2Cl)cs1. The van der Waals surface area contributed by atoms with Gasteiger partial charge >= 0.3 is 0 Å². The Balaban J connectivity index is 2.19. The highest BCUT2D eigenvalue weighted by atomic mass is 79.9. The summed E-state index contributed by atoms with van der Waals surface area (Å²) in [7, 11) is -3.62. The molecule has 0 fully saturated rings. The van der Waals surface area contributed by atoms with Crippen LogP contribution >= 0.6 is 38.9 Å². The highest BCUT2D eigenvalue weighted by Crippen LogP contribution is 2.28. The van der Waals surface area contributed by atoms with Crippen LogP contribution in [0.5, 0.6) is 0 Å². The molecule has 2 aromatic rings. The van der Waals surface area contributed by atoms with Crippen LogP contribution in [0.1, 0.15) is 11.8 Å². The smallest absolute Gasteiger partial charge is 0.262 e. The van der Waals surface area contributed by atoms with Gasteiger partial charge in [-0.15, -0.1) is 11.3 Å². The Morgan fingerprint density at radius 3 is 2.76 bits per heavy atom. The third kappa shape index (κ3) is 4.43. The van der Waals surface area contributed by atoms with Gasteiger partial charge < -0.3 is 5.32 Å². The zero-order chi connectivity index (χ0) is 15.5. The molecule has 0 saturated heterocycles. The van der Waals surface area contributed by atoms with Crippen molar-refractivity contribution in [3.8, 4) is 0 Å². The van der Waals surface area contributed by atoms with Gasteiger partial charge in [-0.05, 0) is 30.8 Å². The van der Waals surface area contributed by atoms with Crippen LogP contribution in [0.3, 0.4) is 0 Å². The fourth-order valence-electron chi connectivity index (χ4n) is 1.62. The number of anilines is 1. The Hall–Kier alpha value is -0.600. The van der Waals surface area contributed by atoms with Gasteiger partial charge in [-0.1, -0.05) is 34.5 Å². The van der Waals surface area contributed by atoms with Crippen molar-refractivity contribution in [3.63, 3.8) is 0 Å². The molecule has 0 radical (unpaired) electrons. The minimum absolute atomic E-state index is 0.249. The number of hydrogen-bond donors (Lipinski definition) is 2. The number of thiophene rings is 1. The monoisotopic (exact) mass is 408 g/mol. The maximum atomic E-state index is 12.3. The summed E-state index contributed by atoms with van der Waals surface area (Å²) in [5, 5.41) is 5.13. The average molecular weight is 410 g/mol. The quantitative estimate of drug-likeness (QED) is 0.756. The first-order valence-electron chi connectivity index (χ1n) is 6.18. The Kier molecular flexibility index (Phi) is 5.67. The molecule has 0 amide bonds. The summed E-state index contributed by atoms with van der Waals surface area (Å²) >= 11 is 10.7. The molecule has 21 heavy (non-hydrogen) atoms. The van der Waals surface area contributed by atoms with Gasteiger partial charge in [0.2, 0.25) is 0 Å². The summed E-state index contributed by atoms with van der Waals surface area (Å²) in [6.07, 6.45) is 0. The molecule has 1 heterocycles. The minimum Gasteiger partial charge on any atom is -0.312 e. The normalized spacial score (nSPS) is 11.6. The minimum atomic E-state index is -3.62. The van der Waals surface area contributed by atoms with Gasteiger partial charge in [-0.3, -0.25) is 4.72 Å². The lowest BCUT2D eigenvalue weighted by molar-refractivity contribution is 0.601. The topological polar surface area (TPSA) is 58.2 Å². The molecule has 0 aliphatic rings. The predicted octanol–water partition coefficient (Wildman–Crippen LogP) is 4.07. The lowest BCUT2D eigenvalue weighted by atomic mass is 10.3. The summed E-state index contributed by atoms with van der Waals surface area (Å²) in [5.74, 6) is 0. The number of nitrogens with one attached hydrogen (secondary N) is 2. The number of sulfonamides is 1. The molecule has 0 atom stereocenters. The Bertz CT molecular complexity index is 732. The van der Waals surface area contributed by atoms with E-state index in [9.17, 15) is 8.42 Å². The van der Waals surface area contributed by atoms with Crippen molar-refractivity contribution < 1.29 is 8.42 Å². The van der Waals surface area contributed by atoms with Crippen molar-refractivity contribution in [2.24, 2.45) is 0 Å². The molecule has 1 aromatic heterocycles. The number of benzene rings is 1. The molecule has 2 rings (SSSR count). The van der Waals surface area contributed by atoms with Crippen molar-refractivity contribution in [1.29, 1.82) is 0 Å². The summed E-state index contributed by atoms with van der Waals surface area (Å²) in [4.78, 5) is 1.22. The van der Waals surface area contributed by atoms with E-state index in [0.717, 1.165) is 15.9 Å². The van der Waals surface area contributed by atoms with Crippen molar-refractivity contribution in [3.05, 3.63) is 44.0 Å². The molecule has 8 heteroatoms. The zero-order valence-corrected chi connectivity index (χ0v) is 15.2. The maximum absolute atomic E-state index is 12.3. The summed E-state index contributed by atoms with van der Waals surface area (Å²) in [6, 6.07) is 6.66. The van der Waals surface area contributed by atoms with Gasteiger partial charge in [0, 0.05) is 21.3 Å². The van der Waals surface area contributed by atoms with Crippen LogP contribution in [0.15, 0.2) is 39.0 Å². The molecular weight excluding hydrogens is 396 g/mol. The summed E-state index contributed by atoms with van der Waals surface area (Å²) in [6.45, 7) is 3.50. The van der Waals surface area contributed by atoms with Crippen LogP contribution in [0.2, 0.25) is 5.02 Å². The van der Waals surface area contributed by atoms with Gasteiger partial charge in [-0.25, -0.2) is 8.42 Å². The van der Waals surface area contributed by atoms with Crippen LogP contribution in [0.25, 0.3) is 0 Å². The third-order valence-electron chi connectivity index (χ3n) is 2.66. The molecule has 0 spiro atoms. The van der Waals surface area contributed by atoms with Gasteiger partial charge in [0.15, 0.2) is 0 Å². The second-order valence-corrected chi connectivity index (χ2v) is 8.26. The largest absolute Gasteiger partial charge is 0.312 e. The fraction of sp³-hybridized carbons (Fsp3) is 0.231. The van der Waals surface area contributed by atoms with Gasteiger partial charge in [0.25, 0.3) is 10.0 Å². The second kappa shape index (κ2) is 7.11. The first-order chi connectivity index (χ1) is 9.92. The van der Waals surface area contributed by atoms with Crippen molar-refractivity contribution in [2.45, 2.75) is 18.4 Å². The molecule has 0 unspecified atom stereocenters. The molecule has 0 aliphatic carbocycles. The van der Waals surface area contributed by atoms with Crippen LogP contribution < -0.4 is 10.0 Å². The number of halogens is 2. The molecule has 0 saturated carbocycles. The Morgan fingerprint density at radius 1 is 1.33 bits per heavy atom. The van der Waals surface area contributed by atoms with Crippen molar-refractivity contribution in [2.75, 3.05) is 11.3 Å². The zero-order valence-electron chi connectivity index (χ0n) is 11.2. The second-order valence-electron chi connectivity index (χ2n) is 4.26.